The molecular weight excluding hydrogens is 750 g/mol. The number of amides is 7. The number of likely N-dealkylation sites (tertiary alicyclic amines) is 1. The number of carbonyl (C=O) groups is 8. The third kappa shape index (κ3) is 15.2. The number of aliphatic hydroxyl groups is 2. The van der Waals surface area contributed by atoms with Crippen LogP contribution in [0.3, 0.4) is 0 Å². The molecule has 318 valence electrons. The number of carboxylic acids is 1. The van der Waals surface area contributed by atoms with Gasteiger partial charge in [-0.3, -0.25) is 33.6 Å². The third-order valence-electron chi connectivity index (χ3n) is 9.30. The van der Waals surface area contributed by atoms with Gasteiger partial charge in [0.05, 0.1) is 13.2 Å². The van der Waals surface area contributed by atoms with Crippen LogP contribution in [0.15, 0.2) is 24.3 Å². The zero-order valence-corrected chi connectivity index (χ0v) is 32.1. The number of phenolic OH excluding ortho intramolecular Hbond substituents is 1. The van der Waals surface area contributed by atoms with Crippen molar-refractivity contribution in [1.82, 2.24) is 31.5 Å². The number of rotatable bonds is 24. The first-order valence-corrected chi connectivity index (χ1v) is 18.7. The topological polar surface area (TPSA) is 359 Å². The van der Waals surface area contributed by atoms with Crippen molar-refractivity contribution in [1.29, 1.82) is 0 Å². The molecule has 1 fully saturated rings. The average molecular weight is 808 g/mol. The molecular formula is C36H57N9O12. The van der Waals surface area contributed by atoms with Gasteiger partial charge >= 0.3 is 5.97 Å². The number of benzene rings is 1. The Morgan fingerprint density at radius 3 is 1.86 bits per heavy atom. The molecule has 57 heavy (non-hydrogen) atoms. The van der Waals surface area contributed by atoms with Crippen molar-refractivity contribution in [3.05, 3.63) is 29.8 Å². The number of nitrogens with zero attached hydrogens (tertiary/aromatic N) is 1. The number of carboxylic acid groups (broad SMARTS) is 1. The Morgan fingerprint density at radius 2 is 1.32 bits per heavy atom. The van der Waals surface area contributed by atoms with Crippen molar-refractivity contribution in [3.63, 3.8) is 0 Å². The van der Waals surface area contributed by atoms with Gasteiger partial charge in [0.1, 0.15) is 48.0 Å². The molecule has 1 aromatic carbocycles. The maximum atomic E-state index is 14.0. The first kappa shape index (κ1) is 47.8. The largest absolute Gasteiger partial charge is 0.508 e. The second kappa shape index (κ2) is 23.6. The number of hydrogen-bond donors (Lipinski definition) is 12. The van der Waals surface area contributed by atoms with E-state index in [9.17, 15) is 58.8 Å². The van der Waals surface area contributed by atoms with E-state index in [-0.39, 0.29) is 50.9 Å². The van der Waals surface area contributed by atoms with Crippen LogP contribution in [-0.2, 0) is 44.8 Å². The maximum absolute atomic E-state index is 14.0. The number of phenols is 1. The van der Waals surface area contributed by atoms with Crippen LogP contribution >= 0.6 is 0 Å². The van der Waals surface area contributed by atoms with Gasteiger partial charge in [0.25, 0.3) is 0 Å². The van der Waals surface area contributed by atoms with Crippen molar-refractivity contribution in [2.24, 2.45) is 23.1 Å². The molecule has 21 nitrogen and oxygen atoms in total. The molecule has 7 amide bonds. The van der Waals surface area contributed by atoms with Crippen molar-refractivity contribution in [3.8, 4) is 5.75 Å². The van der Waals surface area contributed by atoms with Gasteiger partial charge in [-0.05, 0) is 68.7 Å². The number of aromatic hydroxyl groups is 1. The van der Waals surface area contributed by atoms with E-state index >= 15 is 0 Å². The van der Waals surface area contributed by atoms with Crippen molar-refractivity contribution >= 4 is 47.3 Å². The quantitative estimate of drug-likeness (QED) is 0.0441. The number of hydrogen-bond acceptors (Lipinski definition) is 13. The number of primary amides is 1. The van der Waals surface area contributed by atoms with Crippen LogP contribution in [0.2, 0.25) is 0 Å². The molecule has 2 rings (SSSR count). The summed E-state index contributed by atoms with van der Waals surface area (Å²) in [7, 11) is 0. The van der Waals surface area contributed by atoms with Gasteiger partial charge in [-0.25, -0.2) is 4.79 Å². The normalized spacial score (nSPS) is 17.0. The highest BCUT2D eigenvalue weighted by Gasteiger charge is 2.40. The summed E-state index contributed by atoms with van der Waals surface area (Å²) in [6.07, 6.45) is 0.628. The van der Waals surface area contributed by atoms with E-state index in [1.807, 2.05) is 0 Å². The third-order valence-corrected chi connectivity index (χ3v) is 9.30. The lowest BCUT2D eigenvalue weighted by molar-refractivity contribution is -0.150. The van der Waals surface area contributed by atoms with E-state index in [2.05, 4.69) is 26.6 Å². The standard InChI is InChI=1S/C36H57N9O12/c1-19(2)29(35(55)45-15-5-7-27(45)36(56)57)44-33(53)25(16-20-8-10-21(48)11-9-20)42-31(51)23(6-3-4-14-37)41-34(54)26(18-47)43-32(52)24(12-13-28(39)49)40-30(50)22(38)17-46/h8-11,19,22-27,29,46-48H,3-7,12-18,37-38H2,1-2H3,(H2,39,49)(H,40,50)(H,41,54)(H,42,51)(H,43,52)(H,44,53)(H,56,57)/t22-,23-,24-,25-,26-,27-,29-/m0/s1. The Balaban J connectivity index is 2.36. The SMILES string of the molecule is CC(C)[C@H](NC(=O)[C@H](Cc1ccc(O)cc1)NC(=O)[C@H](CCCCN)NC(=O)[C@H](CO)NC(=O)[C@H](CCC(N)=O)NC(=O)[C@@H](N)CO)C(=O)N1CCC[C@H]1C(=O)O. The van der Waals surface area contributed by atoms with Gasteiger partial charge in [0.15, 0.2) is 0 Å². The second-order valence-electron chi connectivity index (χ2n) is 14.1. The summed E-state index contributed by atoms with van der Waals surface area (Å²) in [6, 6.07) is -3.74. The zero-order valence-electron chi connectivity index (χ0n) is 32.1. The van der Waals surface area contributed by atoms with E-state index in [0.29, 0.717) is 24.8 Å². The number of nitrogens with two attached hydrogens (primary N) is 3. The second-order valence-corrected chi connectivity index (χ2v) is 14.1. The van der Waals surface area contributed by atoms with Gasteiger partial charge in [-0.2, -0.15) is 0 Å². The molecule has 21 heteroatoms. The van der Waals surface area contributed by atoms with E-state index in [1.54, 1.807) is 13.8 Å². The molecule has 0 bridgehead atoms. The number of carbonyl (C=O) groups excluding carboxylic acids is 7. The molecule has 1 saturated heterocycles. The summed E-state index contributed by atoms with van der Waals surface area (Å²) in [6.45, 7) is 2.02. The van der Waals surface area contributed by atoms with E-state index in [1.165, 1.54) is 29.2 Å². The maximum Gasteiger partial charge on any atom is 0.326 e. The highest BCUT2D eigenvalue weighted by atomic mass is 16.4. The van der Waals surface area contributed by atoms with Crippen LogP contribution in [0, 0.1) is 5.92 Å². The Morgan fingerprint density at radius 1 is 0.772 bits per heavy atom. The van der Waals surface area contributed by atoms with Crippen LogP contribution in [0.4, 0.5) is 0 Å². The van der Waals surface area contributed by atoms with E-state index in [0.717, 1.165) is 0 Å². The highest BCUT2D eigenvalue weighted by Crippen LogP contribution is 2.21. The van der Waals surface area contributed by atoms with Crippen LogP contribution in [0.1, 0.15) is 64.4 Å². The van der Waals surface area contributed by atoms with Crippen LogP contribution in [0.25, 0.3) is 0 Å². The summed E-state index contributed by atoms with van der Waals surface area (Å²) in [5.41, 5.74) is 16.9. The Bertz CT molecular complexity index is 1560. The highest BCUT2D eigenvalue weighted by molar-refractivity contribution is 5.97. The fraction of sp³-hybridized carbons (Fsp3) is 0.611. The summed E-state index contributed by atoms with van der Waals surface area (Å²) >= 11 is 0. The Kier molecular flexibility index (Phi) is 19.8. The van der Waals surface area contributed by atoms with Crippen LogP contribution in [0.5, 0.6) is 5.75 Å². The summed E-state index contributed by atoms with van der Waals surface area (Å²) in [5, 5.41) is 51.0. The Hall–Kier alpha value is -5.38. The van der Waals surface area contributed by atoms with Crippen molar-refractivity contribution < 1.29 is 58.8 Å². The molecule has 1 aromatic rings. The molecule has 7 atom stereocenters. The van der Waals surface area contributed by atoms with Gasteiger partial charge < -0.3 is 69.1 Å². The summed E-state index contributed by atoms with van der Waals surface area (Å²) in [4.78, 5) is 105. The lowest BCUT2D eigenvalue weighted by Crippen LogP contribution is -2.61. The van der Waals surface area contributed by atoms with E-state index < -0.39 is 109 Å². The molecule has 0 aromatic heterocycles. The van der Waals surface area contributed by atoms with Gasteiger partial charge in [-0.15, -0.1) is 0 Å². The molecule has 0 aliphatic carbocycles. The first-order chi connectivity index (χ1) is 26.9. The molecule has 0 radical (unpaired) electrons. The number of unbranched alkanes of at least 4 members (excludes halogenated alkanes) is 1. The zero-order chi connectivity index (χ0) is 42.8. The predicted molar refractivity (Wildman–Crippen MR) is 202 cm³/mol. The average Bonchev–Trinajstić information content (AvgIpc) is 3.67. The lowest BCUT2D eigenvalue weighted by atomic mass is 9.99. The van der Waals surface area contributed by atoms with Gasteiger partial charge in [0.2, 0.25) is 41.4 Å². The summed E-state index contributed by atoms with van der Waals surface area (Å²) in [5.74, 6) is -7.78. The lowest BCUT2D eigenvalue weighted by Gasteiger charge is -2.31. The monoisotopic (exact) mass is 807 g/mol. The first-order valence-electron chi connectivity index (χ1n) is 18.7. The Labute approximate surface area is 329 Å². The minimum Gasteiger partial charge on any atom is -0.508 e. The predicted octanol–water partition coefficient (Wildman–Crippen LogP) is -4.20. The fourth-order valence-electron chi connectivity index (χ4n) is 6.00. The minimum absolute atomic E-state index is 0.0105. The molecule has 15 N–H and O–H groups in total. The number of aliphatic carboxylic acids is 1. The molecule has 1 heterocycles. The van der Waals surface area contributed by atoms with Crippen molar-refractivity contribution in [2.45, 2.75) is 108 Å². The number of nitrogens with one attached hydrogen (secondary N) is 5. The van der Waals surface area contributed by atoms with Crippen LogP contribution < -0.4 is 43.8 Å². The minimum atomic E-state index is -1.68. The van der Waals surface area contributed by atoms with E-state index in [4.69, 9.17) is 17.2 Å². The number of aliphatic hydroxyl groups excluding tert-OH is 2. The summed E-state index contributed by atoms with van der Waals surface area (Å²) < 4.78 is 0. The molecule has 0 unspecified atom stereocenters. The van der Waals surface area contributed by atoms with Crippen molar-refractivity contribution in [2.75, 3.05) is 26.3 Å². The van der Waals surface area contributed by atoms with Crippen LogP contribution in [-0.4, -0.2) is 141 Å². The molecule has 1 aliphatic rings. The van der Waals surface area contributed by atoms with Gasteiger partial charge in [0, 0.05) is 19.4 Å². The molecule has 1 aliphatic heterocycles. The van der Waals surface area contributed by atoms with Gasteiger partial charge in [-0.1, -0.05) is 26.0 Å². The smallest absolute Gasteiger partial charge is 0.326 e. The fourth-order valence-corrected chi connectivity index (χ4v) is 6.00. The molecule has 0 spiro atoms. The molecule has 0 saturated carbocycles.